The number of piperidine rings is 1. The minimum atomic E-state index is 0.431. The van der Waals surface area contributed by atoms with Crippen molar-refractivity contribution >= 4 is 0 Å². The van der Waals surface area contributed by atoms with Crippen molar-refractivity contribution in [3.05, 3.63) is 35.4 Å². The van der Waals surface area contributed by atoms with Gasteiger partial charge in [0.2, 0.25) is 0 Å². The van der Waals surface area contributed by atoms with Gasteiger partial charge < -0.3 is 10.1 Å². The van der Waals surface area contributed by atoms with Gasteiger partial charge in [-0.15, -0.1) is 0 Å². The quantitative estimate of drug-likeness (QED) is 0.829. The smallest absolute Gasteiger partial charge is 0.0702 e. The average Bonchev–Trinajstić information content (AvgIpc) is 2.48. The zero-order valence-corrected chi connectivity index (χ0v) is 12.9. The van der Waals surface area contributed by atoms with Crippen molar-refractivity contribution in [3.8, 4) is 0 Å². The largest absolute Gasteiger partial charge is 0.377 e. The van der Waals surface area contributed by atoms with Crippen molar-refractivity contribution in [1.82, 2.24) is 10.2 Å². The van der Waals surface area contributed by atoms with E-state index in [2.05, 4.69) is 41.4 Å². The van der Waals surface area contributed by atoms with Crippen LogP contribution < -0.4 is 5.32 Å². The van der Waals surface area contributed by atoms with E-state index >= 15 is 0 Å². The van der Waals surface area contributed by atoms with Gasteiger partial charge in [0.05, 0.1) is 6.10 Å². The van der Waals surface area contributed by atoms with Crippen LogP contribution in [0.25, 0.3) is 0 Å². The van der Waals surface area contributed by atoms with Gasteiger partial charge in [0.15, 0.2) is 0 Å². The van der Waals surface area contributed by atoms with Crippen molar-refractivity contribution in [3.63, 3.8) is 0 Å². The Kier molecular flexibility index (Phi) is 6.51. The van der Waals surface area contributed by atoms with Gasteiger partial charge in [-0.05, 0) is 44.0 Å². The summed E-state index contributed by atoms with van der Waals surface area (Å²) in [5.74, 6) is 0. The average molecular weight is 276 g/mol. The van der Waals surface area contributed by atoms with Gasteiger partial charge in [-0.25, -0.2) is 0 Å². The van der Waals surface area contributed by atoms with Crippen LogP contribution in [-0.4, -0.2) is 37.7 Å². The number of hydrogen-bond acceptors (Lipinski definition) is 3. The molecule has 0 aliphatic carbocycles. The Morgan fingerprint density at radius 2 is 2.10 bits per heavy atom. The van der Waals surface area contributed by atoms with E-state index in [1.54, 1.807) is 0 Å². The number of hydrogen-bond donors (Lipinski definition) is 1. The minimum Gasteiger partial charge on any atom is -0.377 e. The lowest BCUT2D eigenvalue weighted by atomic mass is 10.0. The number of nitrogens with one attached hydrogen (secondary N) is 1. The summed E-state index contributed by atoms with van der Waals surface area (Å²) in [6.07, 6.45) is 4.01. The first-order valence-electron chi connectivity index (χ1n) is 7.88. The van der Waals surface area contributed by atoms with Crippen molar-refractivity contribution in [2.75, 3.05) is 26.7 Å². The summed E-state index contributed by atoms with van der Waals surface area (Å²) in [5, 5.41) is 3.26. The Labute approximate surface area is 123 Å². The second kappa shape index (κ2) is 8.40. The Morgan fingerprint density at radius 3 is 2.85 bits per heavy atom. The summed E-state index contributed by atoms with van der Waals surface area (Å²) in [4.78, 5) is 2.54. The molecule has 0 saturated carbocycles. The fraction of sp³-hybridized carbons (Fsp3) is 0.647. The van der Waals surface area contributed by atoms with Crippen LogP contribution in [0.4, 0.5) is 0 Å². The molecule has 1 aliphatic heterocycles. The number of likely N-dealkylation sites (tertiary alicyclic amines) is 1. The van der Waals surface area contributed by atoms with Crippen LogP contribution in [0.2, 0.25) is 0 Å². The SMILES string of the molecule is CCCOC1CCCN(Cc2ccccc2CNC)C1. The third-order valence-corrected chi connectivity index (χ3v) is 3.90. The summed E-state index contributed by atoms with van der Waals surface area (Å²) in [7, 11) is 2.01. The Hall–Kier alpha value is -0.900. The second-order valence-electron chi connectivity index (χ2n) is 5.67. The van der Waals surface area contributed by atoms with Gasteiger partial charge in [-0.2, -0.15) is 0 Å². The Morgan fingerprint density at radius 1 is 1.30 bits per heavy atom. The topological polar surface area (TPSA) is 24.5 Å². The highest BCUT2D eigenvalue weighted by atomic mass is 16.5. The van der Waals surface area contributed by atoms with Gasteiger partial charge in [0.1, 0.15) is 0 Å². The highest BCUT2D eigenvalue weighted by Gasteiger charge is 2.20. The molecule has 0 aromatic heterocycles. The number of ether oxygens (including phenoxy) is 1. The van der Waals surface area contributed by atoms with E-state index in [0.717, 1.165) is 32.7 Å². The van der Waals surface area contributed by atoms with Crippen molar-refractivity contribution in [2.24, 2.45) is 0 Å². The Balaban J connectivity index is 1.92. The molecule has 1 aromatic rings. The molecule has 1 atom stereocenters. The molecule has 112 valence electrons. The zero-order chi connectivity index (χ0) is 14.2. The fourth-order valence-electron chi connectivity index (χ4n) is 2.89. The summed E-state index contributed by atoms with van der Waals surface area (Å²) >= 11 is 0. The molecule has 0 spiro atoms. The monoisotopic (exact) mass is 276 g/mol. The summed E-state index contributed by atoms with van der Waals surface area (Å²) < 4.78 is 5.92. The fourth-order valence-corrected chi connectivity index (χ4v) is 2.89. The maximum atomic E-state index is 5.92. The molecule has 3 nitrogen and oxygen atoms in total. The van der Waals surface area contributed by atoms with Gasteiger partial charge in [0, 0.05) is 26.2 Å². The second-order valence-corrected chi connectivity index (χ2v) is 5.67. The van der Waals surface area contributed by atoms with Crippen LogP contribution >= 0.6 is 0 Å². The molecule has 1 aromatic carbocycles. The highest BCUT2D eigenvalue weighted by Crippen LogP contribution is 2.18. The molecule has 1 saturated heterocycles. The molecule has 0 amide bonds. The standard InChI is InChI=1S/C17H28N2O/c1-3-11-20-17-9-6-10-19(14-17)13-16-8-5-4-7-15(16)12-18-2/h4-5,7-8,17-18H,3,6,9-14H2,1-2H3. The maximum absolute atomic E-state index is 5.92. The van der Waals surface area contributed by atoms with E-state index in [-0.39, 0.29) is 0 Å². The molecule has 1 N–H and O–H groups in total. The predicted molar refractivity (Wildman–Crippen MR) is 83.7 cm³/mol. The van der Waals surface area contributed by atoms with Crippen LogP contribution in [0.15, 0.2) is 24.3 Å². The molecule has 2 rings (SSSR count). The summed E-state index contributed by atoms with van der Waals surface area (Å²) in [6, 6.07) is 8.74. The molecule has 1 aliphatic rings. The lowest BCUT2D eigenvalue weighted by molar-refractivity contribution is -0.00229. The lowest BCUT2D eigenvalue weighted by Crippen LogP contribution is -2.39. The van der Waals surface area contributed by atoms with Crippen LogP contribution in [0, 0.1) is 0 Å². The normalized spacial score (nSPS) is 20.2. The zero-order valence-electron chi connectivity index (χ0n) is 12.9. The van der Waals surface area contributed by atoms with Crippen molar-refractivity contribution < 1.29 is 4.74 Å². The molecule has 3 heteroatoms. The van der Waals surface area contributed by atoms with E-state index in [1.165, 1.54) is 30.5 Å². The number of rotatable bonds is 7. The highest BCUT2D eigenvalue weighted by molar-refractivity contribution is 5.27. The first kappa shape index (κ1) is 15.5. The third kappa shape index (κ3) is 4.58. The van der Waals surface area contributed by atoms with E-state index in [4.69, 9.17) is 4.74 Å². The molecule has 20 heavy (non-hydrogen) atoms. The molecule has 1 fully saturated rings. The van der Waals surface area contributed by atoms with E-state index in [0.29, 0.717) is 6.10 Å². The molecule has 0 radical (unpaired) electrons. The summed E-state index contributed by atoms with van der Waals surface area (Å²) in [6.45, 7) is 7.33. The van der Waals surface area contributed by atoms with Gasteiger partial charge in [-0.3, -0.25) is 4.90 Å². The van der Waals surface area contributed by atoms with Crippen LogP contribution in [0.3, 0.4) is 0 Å². The first-order chi connectivity index (χ1) is 9.83. The van der Waals surface area contributed by atoms with Gasteiger partial charge in [-0.1, -0.05) is 31.2 Å². The van der Waals surface area contributed by atoms with E-state index < -0.39 is 0 Å². The third-order valence-electron chi connectivity index (χ3n) is 3.90. The molecular weight excluding hydrogens is 248 g/mol. The van der Waals surface area contributed by atoms with E-state index in [1.807, 2.05) is 7.05 Å². The molecule has 1 unspecified atom stereocenters. The summed E-state index contributed by atoms with van der Waals surface area (Å²) in [5.41, 5.74) is 2.85. The lowest BCUT2D eigenvalue weighted by Gasteiger charge is -2.33. The minimum absolute atomic E-state index is 0.431. The molecular formula is C17H28N2O. The van der Waals surface area contributed by atoms with Crippen LogP contribution in [0.1, 0.15) is 37.3 Å². The van der Waals surface area contributed by atoms with E-state index in [9.17, 15) is 0 Å². The first-order valence-corrected chi connectivity index (χ1v) is 7.88. The molecule has 1 heterocycles. The van der Waals surface area contributed by atoms with Gasteiger partial charge in [0.25, 0.3) is 0 Å². The van der Waals surface area contributed by atoms with Crippen molar-refractivity contribution in [2.45, 2.75) is 45.4 Å². The number of benzene rings is 1. The van der Waals surface area contributed by atoms with Gasteiger partial charge >= 0.3 is 0 Å². The number of nitrogens with zero attached hydrogens (tertiary/aromatic N) is 1. The van der Waals surface area contributed by atoms with Crippen molar-refractivity contribution in [1.29, 1.82) is 0 Å². The van der Waals surface area contributed by atoms with Crippen LogP contribution in [-0.2, 0) is 17.8 Å². The van der Waals surface area contributed by atoms with Crippen LogP contribution in [0.5, 0.6) is 0 Å². The molecule has 0 bridgehead atoms. The Bertz CT molecular complexity index is 394. The maximum Gasteiger partial charge on any atom is 0.0702 e. The predicted octanol–water partition coefficient (Wildman–Crippen LogP) is 2.80.